The first-order chi connectivity index (χ1) is 13.5. The van der Waals surface area contributed by atoms with Crippen LogP contribution in [0.15, 0.2) is 39.0 Å². The molecule has 0 unspecified atom stereocenters. The molecule has 0 spiro atoms. The smallest absolute Gasteiger partial charge is 0.325 e. The first kappa shape index (κ1) is 20.7. The summed E-state index contributed by atoms with van der Waals surface area (Å²) in [4.78, 5) is 40.7. The van der Waals surface area contributed by atoms with Crippen LogP contribution in [-0.2, 0) is 32.1 Å². The van der Waals surface area contributed by atoms with Crippen molar-refractivity contribution in [3.8, 4) is 0 Å². The predicted molar refractivity (Wildman–Crippen MR) is 102 cm³/mol. The number of rotatable bonds is 4. The first-order valence-corrected chi connectivity index (χ1v) is 9.21. The van der Waals surface area contributed by atoms with Crippen molar-refractivity contribution >= 4 is 34.5 Å². The summed E-state index contributed by atoms with van der Waals surface area (Å²) in [7, 11) is 4.41. The van der Waals surface area contributed by atoms with Gasteiger partial charge in [-0.1, -0.05) is 17.8 Å². The van der Waals surface area contributed by atoms with E-state index < -0.39 is 28.9 Å². The molecule has 8 nitrogen and oxygen atoms in total. The zero-order valence-corrected chi connectivity index (χ0v) is 16.4. The number of hydrogen-bond donors (Lipinski definition) is 1. The van der Waals surface area contributed by atoms with Gasteiger partial charge >= 0.3 is 11.9 Å². The van der Waals surface area contributed by atoms with E-state index in [0.29, 0.717) is 5.16 Å². The van der Waals surface area contributed by atoms with Crippen molar-refractivity contribution in [3.05, 3.63) is 50.7 Å². The third kappa shape index (κ3) is 3.92. The second-order valence-electron chi connectivity index (χ2n) is 6.25. The Kier molecular flexibility index (Phi) is 5.30. The van der Waals surface area contributed by atoms with E-state index in [9.17, 15) is 27.6 Å². The minimum absolute atomic E-state index is 0.0201. The summed E-state index contributed by atoms with van der Waals surface area (Å²) in [6, 6.07) is 4.31. The Morgan fingerprint density at radius 1 is 1.14 bits per heavy atom. The van der Waals surface area contributed by atoms with Gasteiger partial charge in [0.15, 0.2) is 16.3 Å². The number of nitrogens with zero attached hydrogens (tertiary/aromatic N) is 4. The van der Waals surface area contributed by atoms with E-state index in [0.717, 1.165) is 28.5 Å². The van der Waals surface area contributed by atoms with Crippen LogP contribution in [0.3, 0.4) is 0 Å². The average molecular weight is 427 g/mol. The van der Waals surface area contributed by atoms with Crippen LogP contribution in [0.1, 0.15) is 5.56 Å². The fourth-order valence-corrected chi connectivity index (χ4v) is 3.50. The van der Waals surface area contributed by atoms with Gasteiger partial charge in [0.25, 0.3) is 5.56 Å². The van der Waals surface area contributed by atoms with Crippen LogP contribution in [-0.4, -0.2) is 30.3 Å². The molecule has 1 aromatic carbocycles. The fourth-order valence-electron chi connectivity index (χ4n) is 2.73. The number of hydrogen-bond acceptors (Lipinski definition) is 5. The minimum atomic E-state index is -4.51. The highest BCUT2D eigenvalue weighted by molar-refractivity contribution is 7.99. The van der Waals surface area contributed by atoms with E-state index in [-0.39, 0.29) is 22.6 Å². The Bertz CT molecular complexity index is 1230. The van der Waals surface area contributed by atoms with Gasteiger partial charge in [-0.05, 0) is 18.2 Å². The molecule has 2 heterocycles. The summed E-state index contributed by atoms with van der Waals surface area (Å²) in [6.45, 7) is 0. The summed E-state index contributed by atoms with van der Waals surface area (Å²) < 4.78 is 41.9. The molecule has 0 fully saturated rings. The maximum Gasteiger partial charge on any atom is 0.416 e. The van der Waals surface area contributed by atoms with Gasteiger partial charge in [0.1, 0.15) is 0 Å². The molecule has 2 aromatic heterocycles. The number of carbonyl (C=O) groups excluding carboxylic acids is 1. The predicted octanol–water partition coefficient (Wildman–Crippen LogP) is 1.72. The zero-order valence-electron chi connectivity index (χ0n) is 15.6. The first-order valence-electron chi connectivity index (χ1n) is 8.23. The molecule has 0 aliphatic rings. The largest absolute Gasteiger partial charge is 0.416 e. The summed E-state index contributed by atoms with van der Waals surface area (Å²) in [5, 5.41) is 2.72. The Hall–Kier alpha value is -3.02. The molecule has 0 radical (unpaired) electrons. The Morgan fingerprint density at radius 2 is 1.83 bits per heavy atom. The number of amides is 1. The second-order valence-corrected chi connectivity index (χ2v) is 7.19. The zero-order chi connectivity index (χ0) is 21.5. The fraction of sp³-hybridized carbons (Fsp3) is 0.294. The number of imidazole rings is 1. The molecule has 0 atom stereocenters. The highest BCUT2D eigenvalue weighted by Crippen LogP contribution is 2.30. The number of nitrogens with one attached hydrogen (secondary N) is 1. The molecular weight excluding hydrogens is 411 g/mol. The number of aryl methyl sites for hydroxylation is 2. The number of anilines is 1. The van der Waals surface area contributed by atoms with Crippen LogP contribution >= 0.6 is 11.8 Å². The van der Waals surface area contributed by atoms with Crippen LogP contribution in [0.5, 0.6) is 0 Å². The topological polar surface area (TPSA) is 90.9 Å². The number of aromatic nitrogens is 4. The molecular formula is C17H16F3N5O3S. The van der Waals surface area contributed by atoms with E-state index in [1.54, 1.807) is 7.05 Å². The van der Waals surface area contributed by atoms with E-state index in [2.05, 4.69) is 10.3 Å². The quantitative estimate of drug-likeness (QED) is 0.641. The molecule has 29 heavy (non-hydrogen) atoms. The average Bonchev–Trinajstić information content (AvgIpc) is 2.99. The lowest BCUT2D eigenvalue weighted by Crippen LogP contribution is -2.37. The van der Waals surface area contributed by atoms with Crippen LogP contribution in [0, 0.1) is 0 Å². The molecule has 0 aliphatic heterocycles. The lowest BCUT2D eigenvalue weighted by molar-refractivity contribution is -0.137. The van der Waals surface area contributed by atoms with Gasteiger partial charge in [-0.3, -0.25) is 18.7 Å². The highest BCUT2D eigenvalue weighted by Gasteiger charge is 2.30. The van der Waals surface area contributed by atoms with Crippen molar-refractivity contribution in [2.24, 2.45) is 21.1 Å². The Balaban J connectivity index is 1.79. The summed E-state index contributed by atoms with van der Waals surface area (Å²) in [6.07, 6.45) is -4.51. The monoisotopic (exact) mass is 427 g/mol. The molecule has 3 rings (SSSR count). The van der Waals surface area contributed by atoms with E-state index in [4.69, 9.17) is 0 Å². The number of alkyl halides is 3. The minimum Gasteiger partial charge on any atom is -0.325 e. The Labute approximate surface area is 166 Å². The summed E-state index contributed by atoms with van der Waals surface area (Å²) >= 11 is 0.993. The van der Waals surface area contributed by atoms with Crippen LogP contribution in [0.2, 0.25) is 0 Å². The van der Waals surface area contributed by atoms with E-state index in [1.165, 1.54) is 35.4 Å². The number of benzene rings is 1. The summed E-state index contributed by atoms with van der Waals surface area (Å²) in [5.41, 5.74) is -1.50. The molecule has 1 amide bonds. The third-order valence-corrected chi connectivity index (χ3v) is 5.27. The maximum atomic E-state index is 12.8. The van der Waals surface area contributed by atoms with Gasteiger partial charge in [-0.2, -0.15) is 13.2 Å². The molecule has 0 saturated carbocycles. The van der Waals surface area contributed by atoms with Crippen molar-refractivity contribution in [1.82, 2.24) is 18.7 Å². The Morgan fingerprint density at radius 3 is 2.48 bits per heavy atom. The van der Waals surface area contributed by atoms with Gasteiger partial charge in [0.2, 0.25) is 5.91 Å². The molecule has 1 N–H and O–H groups in total. The van der Waals surface area contributed by atoms with Crippen molar-refractivity contribution in [1.29, 1.82) is 0 Å². The van der Waals surface area contributed by atoms with Gasteiger partial charge in [0.05, 0.1) is 11.3 Å². The van der Waals surface area contributed by atoms with Crippen LogP contribution < -0.4 is 16.6 Å². The number of thioether (sulfide) groups is 1. The van der Waals surface area contributed by atoms with Crippen molar-refractivity contribution in [3.63, 3.8) is 0 Å². The SMILES string of the molecule is Cn1c(=O)c2c(nc(SCC(=O)Nc3cccc(C(F)(F)F)c3)n2C)n(C)c1=O. The van der Waals surface area contributed by atoms with Gasteiger partial charge in [-0.25, -0.2) is 9.78 Å². The molecule has 3 aromatic rings. The number of carbonyl (C=O) groups is 1. The van der Waals surface area contributed by atoms with Crippen molar-refractivity contribution in [2.45, 2.75) is 11.3 Å². The standard InChI is InChI=1S/C17H16F3N5O3S/c1-23-12-13(24(2)16(28)25(3)14(12)27)22-15(23)29-8-11(26)21-10-6-4-5-9(7-10)17(18,19)20/h4-7H,8H2,1-3H3,(H,21,26). The molecule has 0 saturated heterocycles. The summed E-state index contributed by atoms with van der Waals surface area (Å²) in [5.74, 6) is -0.690. The van der Waals surface area contributed by atoms with Gasteiger partial charge < -0.3 is 9.88 Å². The number of fused-ring (bicyclic) bond motifs is 1. The molecule has 12 heteroatoms. The second kappa shape index (κ2) is 7.43. The third-order valence-electron chi connectivity index (χ3n) is 4.24. The normalized spacial score (nSPS) is 11.8. The van der Waals surface area contributed by atoms with Gasteiger partial charge in [-0.15, -0.1) is 0 Å². The van der Waals surface area contributed by atoms with Crippen molar-refractivity contribution in [2.75, 3.05) is 11.1 Å². The molecule has 0 aliphatic carbocycles. The van der Waals surface area contributed by atoms with Crippen LogP contribution in [0.4, 0.5) is 18.9 Å². The molecule has 154 valence electrons. The van der Waals surface area contributed by atoms with Gasteiger partial charge in [0, 0.05) is 26.8 Å². The van der Waals surface area contributed by atoms with E-state index in [1.807, 2.05) is 0 Å². The lowest BCUT2D eigenvalue weighted by atomic mass is 10.2. The lowest BCUT2D eigenvalue weighted by Gasteiger charge is -2.09. The molecule has 0 bridgehead atoms. The van der Waals surface area contributed by atoms with E-state index >= 15 is 0 Å². The maximum absolute atomic E-state index is 12.8. The number of halogens is 3. The van der Waals surface area contributed by atoms with Crippen molar-refractivity contribution < 1.29 is 18.0 Å². The van der Waals surface area contributed by atoms with Crippen LogP contribution in [0.25, 0.3) is 11.2 Å². The highest BCUT2D eigenvalue weighted by atomic mass is 32.2.